The average molecular weight is 240 g/mol. The lowest BCUT2D eigenvalue weighted by Crippen LogP contribution is -2.47. The quantitative estimate of drug-likeness (QED) is 0.806. The summed E-state index contributed by atoms with van der Waals surface area (Å²) in [5.41, 5.74) is 0. The lowest BCUT2D eigenvalue weighted by molar-refractivity contribution is -0.0328. The molecule has 96 valence electrons. The Morgan fingerprint density at radius 1 is 1.59 bits per heavy atom. The maximum absolute atomic E-state index is 9.30. The molecule has 1 atom stereocenters. The molecule has 1 aliphatic rings. The van der Waals surface area contributed by atoms with Crippen molar-refractivity contribution in [3.05, 3.63) is 12.2 Å². The van der Waals surface area contributed by atoms with E-state index in [2.05, 4.69) is 28.8 Å². The maximum Gasteiger partial charge on any atom is 0.141 e. The van der Waals surface area contributed by atoms with Crippen molar-refractivity contribution >= 4 is 0 Å². The number of nitrogens with zero attached hydrogens (tertiary/aromatic N) is 4. The fourth-order valence-corrected chi connectivity index (χ4v) is 2.07. The first-order valence-corrected chi connectivity index (χ1v) is 6.03. The van der Waals surface area contributed by atoms with Gasteiger partial charge in [-0.3, -0.25) is 4.90 Å². The lowest BCUT2D eigenvalue weighted by Gasteiger charge is -2.34. The maximum atomic E-state index is 9.30. The summed E-state index contributed by atoms with van der Waals surface area (Å²) in [5.74, 6) is 0.945. The van der Waals surface area contributed by atoms with E-state index >= 15 is 0 Å². The van der Waals surface area contributed by atoms with Gasteiger partial charge in [-0.15, -0.1) is 0 Å². The van der Waals surface area contributed by atoms with Crippen molar-refractivity contribution in [2.75, 3.05) is 26.4 Å². The summed E-state index contributed by atoms with van der Waals surface area (Å²) in [7, 11) is 0. The summed E-state index contributed by atoms with van der Waals surface area (Å²) in [5, 5.41) is 13.5. The minimum absolute atomic E-state index is 0.0704. The molecule has 2 heterocycles. The molecule has 1 N–H and O–H groups in total. The number of aliphatic hydroxyl groups excluding tert-OH is 1. The second-order valence-electron chi connectivity index (χ2n) is 4.60. The van der Waals surface area contributed by atoms with Gasteiger partial charge in [0, 0.05) is 12.6 Å². The van der Waals surface area contributed by atoms with Gasteiger partial charge in [-0.05, 0) is 13.8 Å². The van der Waals surface area contributed by atoms with Crippen molar-refractivity contribution in [2.24, 2.45) is 0 Å². The van der Waals surface area contributed by atoms with Crippen LogP contribution in [0.2, 0.25) is 0 Å². The van der Waals surface area contributed by atoms with Gasteiger partial charge in [-0.25, -0.2) is 9.67 Å². The molecule has 0 aliphatic carbocycles. The Labute approximate surface area is 101 Å². The number of aromatic nitrogens is 3. The van der Waals surface area contributed by atoms with Gasteiger partial charge in [0.05, 0.1) is 32.4 Å². The Bertz CT molecular complexity index is 353. The van der Waals surface area contributed by atoms with Gasteiger partial charge in [-0.1, -0.05) is 0 Å². The molecule has 2 rings (SSSR count). The van der Waals surface area contributed by atoms with E-state index in [1.807, 2.05) is 4.68 Å². The molecular formula is C11H20N4O2. The summed E-state index contributed by atoms with van der Waals surface area (Å²) < 4.78 is 7.28. The van der Waals surface area contributed by atoms with E-state index in [4.69, 9.17) is 4.74 Å². The smallest absolute Gasteiger partial charge is 0.141 e. The van der Waals surface area contributed by atoms with Gasteiger partial charge in [0.2, 0.25) is 0 Å². The van der Waals surface area contributed by atoms with Crippen LogP contribution in [-0.2, 0) is 11.3 Å². The minimum atomic E-state index is 0.0704. The number of hydrogen-bond donors (Lipinski definition) is 1. The zero-order chi connectivity index (χ0) is 12.3. The van der Waals surface area contributed by atoms with Crippen LogP contribution in [0, 0.1) is 0 Å². The molecule has 0 bridgehead atoms. The van der Waals surface area contributed by atoms with Crippen LogP contribution in [0.25, 0.3) is 0 Å². The SMILES string of the molecule is CC(C)n1ncnc1CN1CCOCC1CO. The second kappa shape index (κ2) is 5.57. The van der Waals surface area contributed by atoms with Crippen LogP contribution in [-0.4, -0.2) is 57.2 Å². The first-order valence-electron chi connectivity index (χ1n) is 6.03. The van der Waals surface area contributed by atoms with E-state index in [9.17, 15) is 5.11 Å². The topological polar surface area (TPSA) is 63.4 Å². The molecule has 17 heavy (non-hydrogen) atoms. The monoisotopic (exact) mass is 240 g/mol. The molecule has 1 aromatic heterocycles. The molecule has 0 spiro atoms. The molecule has 0 aromatic carbocycles. The molecule has 1 aliphatic heterocycles. The summed E-state index contributed by atoms with van der Waals surface area (Å²) in [6, 6.07) is 0.377. The lowest BCUT2D eigenvalue weighted by atomic mass is 10.2. The van der Waals surface area contributed by atoms with Crippen LogP contribution in [0.5, 0.6) is 0 Å². The number of rotatable bonds is 4. The van der Waals surface area contributed by atoms with Crippen molar-refractivity contribution in [3.8, 4) is 0 Å². The Morgan fingerprint density at radius 3 is 3.12 bits per heavy atom. The zero-order valence-corrected chi connectivity index (χ0v) is 10.4. The Morgan fingerprint density at radius 2 is 2.41 bits per heavy atom. The molecule has 1 unspecified atom stereocenters. The molecule has 0 amide bonds. The highest BCUT2D eigenvalue weighted by atomic mass is 16.5. The summed E-state index contributed by atoms with van der Waals surface area (Å²) in [4.78, 5) is 6.49. The molecule has 1 aromatic rings. The van der Waals surface area contributed by atoms with E-state index in [0.717, 1.165) is 12.4 Å². The number of aliphatic hydroxyl groups is 1. The average Bonchev–Trinajstić information content (AvgIpc) is 2.78. The summed E-state index contributed by atoms with van der Waals surface area (Å²) >= 11 is 0. The first-order chi connectivity index (χ1) is 8.22. The third kappa shape index (κ3) is 2.83. The van der Waals surface area contributed by atoms with Crippen molar-refractivity contribution in [1.82, 2.24) is 19.7 Å². The molecule has 0 radical (unpaired) electrons. The highest BCUT2D eigenvalue weighted by molar-refractivity contribution is 4.89. The van der Waals surface area contributed by atoms with Gasteiger partial charge in [-0.2, -0.15) is 5.10 Å². The number of ether oxygens (including phenoxy) is 1. The van der Waals surface area contributed by atoms with E-state index in [0.29, 0.717) is 25.8 Å². The molecule has 1 saturated heterocycles. The molecule has 6 heteroatoms. The Hall–Kier alpha value is -0.980. The van der Waals surface area contributed by atoms with Crippen LogP contribution in [0.4, 0.5) is 0 Å². The predicted molar refractivity (Wildman–Crippen MR) is 62.5 cm³/mol. The molecule has 1 fully saturated rings. The van der Waals surface area contributed by atoms with Crippen molar-refractivity contribution < 1.29 is 9.84 Å². The first kappa shape index (κ1) is 12.5. The normalized spacial score (nSPS) is 22.2. The van der Waals surface area contributed by atoms with E-state index in [1.54, 1.807) is 6.33 Å². The largest absolute Gasteiger partial charge is 0.395 e. The van der Waals surface area contributed by atoms with Crippen LogP contribution in [0.15, 0.2) is 6.33 Å². The molecule has 6 nitrogen and oxygen atoms in total. The van der Waals surface area contributed by atoms with Crippen LogP contribution in [0.3, 0.4) is 0 Å². The third-order valence-electron chi connectivity index (χ3n) is 3.04. The van der Waals surface area contributed by atoms with Crippen LogP contribution < -0.4 is 0 Å². The Balaban J connectivity index is 2.05. The fourth-order valence-electron chi connectivity index (χ4n) is 2.07. The van der Waals surface area contributed by atoms with E-state index in [1.165, 1.54) is 0 Å². The molecular weight excluding hydrogens is 220 g/mol. The minimum Gasteiger partial charge on any atom is -0.395 e. The second-order valence-corrected chi connectivity index (χ2v) is 4.60. The number of hydrogen-bond acceptors (Lipinski definition) is 5. The zero-order valence-electron chi connectivity index (χ0n) is 10.4. The van der Waals surface area contributed by atoms with Gasteiger partial charge in [0.1, 0.15) is 12.2 Å². The molecule has 0 saturated carbocycles. The van der Waals surface area contributed by atoms with E-state index < -0.39 is 0 Å². The van der Waals surface area contributed by atoms with E-state index in [-0.39, 0.29) is 12.6 Å². The highest BCUT2D eigenvalue weighted by Crippen LogP contribution is 2.13. The van der Waals surface area contributed by atoms with Crippen molar-refractivity contribution in [3.63, 3.8) is 0 Å². The van der Waals surface area contributed by atoms with Crippen molar-refractivity contribution in [1.29, 1.82) is 0 Å². The van der Waals surface area contributed by atoms with Gasteiger partial charge >= 0.3 is 0 Å². The van der Waals surface area contributed by atoms with Crippen molar-refractivity contribution in [2.45, 2.75) is 32.5 Å². The van der Waals surface area contributed by atoms with Gasteiger partial charge < -0.3 is 9.84 Å². The predicted octanol–water partition coefficient (Wildman–Crippen LogP) is 0.0521. The number of morpholine rings is 1. The Kier molecular flexibility index (Phi) is 4.09. The fraction of sp³-hybridized carbons (Fsp3) is 0.818. The van der Waals surface area contributed by atoms with Gasteiger partial charge in [0.25, 0.3) is 0 Å². The van der Waals surface area contributed by atoms with Gasteiger partial charge in [0.15, 0.2) is 0 Å². The van der Waals surface area contributed by atoms with Crippen LogP contribution >= 0.6 is 0 Å². The highest BCUT2D eigenvalue weighted by Gasteiger charge is 2.24. The van der Waals surface area contributed by atoms with Crippen LogP contribution in [0.1, 0.15) is 25.7 Å². The standard InChI is InChI=1S/C11H20N4O2/c1-9(2)15-11(12-8-13-15)5-14-3-4-17-7-10(14)6-16/h8-10,16H,3-7H2,1-2H3. The summed E-state index contributed by atoms with van der Waals surface area (Å²) in [6.07, 6.45) is 1.59. The third-order valence-corrected chi connectivity index (χ3v) is 3.04. The summed E-state index contributed by atoms with van der Waals surface area (Å²) in [6.45, 7) is 7.14.